The van der Waals surface area contributed by atoms with E-state index in [2.05, 4.69) is 20.8 Å². The second-order valence-corrected chi connectivity index (χ2v) is 6.61. The van der Waals surface area contributed by atoms with E-state index in [4.69, 9.17) is 0 Å². The second kappa shape index (κ2) is 3.87. The zero-order chi connectivity index (χ0) is 10.2. The van der Waals surface area contributed by atoms with Gasteiger partial charge in [0.05, 0.1) is 0 Å². The summed E-state index contributed by atoms with van der Waals surface area (Å²) < 4.78 is 0. The fraction of sp³-hybridized carbons (Fsp3) is 1.00. The Morgan fingerprint density at radius 1 is 0.786 bits per heavy atom. The summed E-state index contributed by atoms with van der Waals surface area (Å²) in [4.78, 5) is 0. The van der Waals surface area contributed by atoms with Gasteiger partial charge < -0.3 is 0 Å². The average Bonchev–Trinajstić information content (AvgIpc) is 2.42. The third-order valence-corrected chi connectivity index (χ3v) is 4.69. The molecule has 82 valence electrons. The van der Waals surface area contributed by atoms with Gasteiger partial charge in [-0.25, -0.2) is 0 Å². The molecular formula is C14H26. The first-order valence-corrected chi connectivity index (χ1v) is 6.59. The van der Waals surface area contributed by atoms with E-state index in [1.54, 1.807) is 0 Å². The zero-order valence-electron chi connectivity index (χ0n) is 10.2. The molecule has 3 atom stereocenters. The summed E-state index contributed by atoms with van der Waals surface area (Å²) in [6, 6.07) is 0. The van der Waals surface area contributed by atoms with Gasteiger partial charge in [-0.05, 0) is 36.0 Å². The molecule has 0 aromatic carbocycles. The minimum absolute atomic E-state index is 0.553. The summed E-state index contributed by atoms with van der Waals surface area (Å²) in [6.07, 6.45) is 10.6. The van der Waals surface area contributed by atoms with E-state index in [1.165, 1.54) is 44.9 Å². The lowest BCUT2D eigenvalue weighted by atomic mass is 9.69. The summed E-state index contributed by atoms with van der Waals surface area (Å²) in [6.45, 7) is 7.37. The van der Waals surface area contributed by atoms with E-state index < -0.39 is 0 Å². The van der Waals surface area contributed by atoms with Gasteiger partial charge in [0.15, 0.2) is 0 Å². The van der Waals surface area contributed by atoms with Crippen LogP contribution in [0.25, 0.3) is 0 Å². The molecule has 0 spiro atoms. The highest BCUT2D eigenvalue weighted by Crippen LogP contribution is 2.49. The summed E-state index contributed by atoms with van der Waals surface area (Å²) in [5.41, 5.74) is 0.553. The Kier molecular flexibility index (Phi) is 2.91. The van der Waals surface area contributed by atoms with Crippen molar-refractivity contribution < 1.29 is 0 Å². The van der Waals surface area contributed by atoms with Gasteiger partial charge >= 0.3 is 0 Å². The van der Waals surface area contributed by atoms with Gasteiger partial charge in [0.2, 0.25) is 0 Å². The number of rotatable bonds is 0. The molecule has 0 aliphatic heterocycles. The summed E-state index contributed by atoms with van der Waals surface area (Å²) >= 11 is 0. The molecule has 0 nitrogen and oxygen atoms in total. The molecule has 0 N–H and O–H groups in total. The monoisotopic (exact) mass is 194 g/mol. The van der Waals surface area contributed by atoms with Gasteiger partial charge in [-0.15, -0.1) is 0 Å². The molecule has 0 bridgehead atoms. The van der Waals surface area contributed by atoms with Crippen molar-refractivity contribution >= 4 is 0 Å². The van der Waals surface area contributed by atoms with Crippen molar-refractivity contribution in [1.29, 1.82) is 0 Å². The number of hydrogen-bond acceptors (Lipinski definition) is 0. The molecule has 0 heterocycles. The van der Waals surface area contributed by atoms with E-state index in [1.807, 2.05) is 0 Å². The van der Waals surface area contributed by atoms with Crippen LogP contribution in [0.2, 0.25) is 0 Å². The lowest BCUT2D eigenvalue weighted by Crippen LogP contribution is -2.29. The molecule has 0 radical (unpaired) electrons. The number of hydrogen-bond donors (Lipinski definition) is 0. The highest BCUT2D eigenvalue weighted by molar-refractivity contribution is 4.90. The van der Waals surface area contributed by atoms with Crippen molar-refractivity contribution in [2.24, 2.45) is 23.2 Å². The van der Waals surface area contributed by atoms with Gasteiger partial charge in [0.1, 0.15) is 0 Å². The standard InChI is InChI=1S/C14H26/c1-14(2,3)13-10-5-4-7-11-8-6-9-12(11)13/h11-13H,4-10H2,1-3H3. The van der Waals surface area contributed by atoms with Crippen LogP contribution in [0.15, 0.2) is 0 Å². The fourth-order valence-electron chi connectivity index (χ4n) is 4.01. The lowest BCUT2D eigenvalue weighted by molar-refractivity contribution is 0.127. The summed E-state index contributed by atoms with van der Waals surface area (Å²) in [5.74, 6) is 3.19. The molecule has 2 rings (SSSR count). The molecule has 2 aliphatic carbocycles. The SMILES string of the molecule is CC(C)(C)C1CCCCC2CCCC21. The van der Waals surface area contributed by atoms with Crippen LogP contribution >= 0.6 is 0 Å². The Hall–Kier alpha value is 0. The van der Waals surface area contributed by atoms with Crippen LogP contribution in [0, 0.1) is 23.2 Å². The quantitative estimate of drug-likeness (QED) is 0.527. The van der Waals surface area contributed by atoms with E-state index >= 15 is 0 Å². The average molecular weight is 194 g/mol. The largest absolute Gasteiger partial charge is 0.0599 e. The van der Waals surface area contributed by atoms with Crippen molar-refractivity contribution in [2.45, 2.75) is 65.7 Å². The van der Waals surface area contributed by atoms with Crippen LogP contribution in [0.1, 0.15) is 65.7 Å². The van der Waals surface area contributed by atoms with Gasteiger partial charge in [-0.3, -0.25) is 0 Å². The molecule has 0 aromatic heterocycles. The minimum Gasteiger partial charge on any atom is -0.0599 e. The second-order valence-electron chi connectivity index (χ2n) is 6.61. The molecule has 0 saturated heterocycles. The van der Waals surface area contributed by atoms with Crippen LogP contribution in [-0.4, -0.2) is 0 Å². The maximum atomic E-state index is 2.46. The maximum Gasteiger partial charge on any atom is -0.0334 e. The predicted octanol–water partition coefficient (Wildman–Crippen LogP) is 4.64. The third-order valence-electron chi connectivity index (χ3n) is 4.69. The van der Waals surface area contributed by atoms with Gasteiger partial charge in [-0.2, -0.15) is 0 Å². The maximum absolute atomic E-state index is 2.46. The fourth-order valence-corrected chi connectivity index (χ4v) is 4.01. The van der Waals surface area contributed by atoms with Crippen LogP contribution in [-0.2, 0) is 0 Å². The van der Waals surface area contributed by atoms with Crippen molar-refractivity contribution in [3.05, 3.63) is 0 Å². The smallest absolute Gasteiger partial charge is 0.0334 e. The van der Waals surface area contributed by atoms with Gasteiger partial charge in [0.25, 0.3) is 0 Å². The molecule has 2 fully saturated rings. The third kappa shape index (κ3) is 1.99. The van der Waals surface area contributed by atoms with E-state index in [0.29, 0.717) is 5.41 Å². The minimum atomic E-state index is 0.553. The van der Waals surface area contributed by atoms with Crippen LogP contribution < -0.4 is 0 Å². The molecule has 0 aromatic rings. The Labute approximate surface area is 89.5 Å². The van der Waals surface area contributed by atoms with Gasteiger partial charge in [-0.1, -0.05) is 52.9 Å². The van der Waals surface area contributed by atoms with Crippen LogP contribution in [0.5, 0.6) is 0 Å². The Bertz CT molecular complexity index is 187. The van der Waals surface area contributed by atoms with Crippen molar-refractivity contribution in [3.63, 3.8) is 0 Å². The summed E-state index contributed by atoms with van der Waals surface area (Å²) in [5, 5.41) is 0. The zero-order valence-corrected chi connectivity index (χ0v) is 10.2. The normalized spacial score (nSPS) is 39.2. The predicted molar refractivity (Wildman–Crippen MR) is 62.2 cm³/mol. The molecule has 3 unspecified atom stereocenters. The first kappa shape index (κ1) is 10.5. The Balaban J connectivity index is 2.13. The molecule has 0 heteroatoms. The summed E-state index contributed by atoms with van der Waals surface area (Å²) in [7, 11) is 0. The Morgan fingerprint density at radius 2 is 1.43 bits per heavy atom. The topological polar surface area (TPSA) is 0 Å². The van der Waals surface area contributed by atoms with E-state index in [9.17, 15) is 0 Å². The van der Waals surface area contributed by atoms with Crippen LogP contribution in [0.3, 0.4) is 0 Å². The Morgan fingerprint density at radius 3 is 2.14 bits per heavy atom. The van der Waals surface area contributed by atoms with Crippen molar-refractivity contribution in [1.82, 2.24) is 0 Å². The van der Waals surface area contributed by atoms with E-state index in [-0.39, 0.29) is 0 Å². The lowest BCUT2D eigenvalue weighted by Gasteiger charge is -2.36. The highest BCUT2D eigenvalue weighted by atomic mass is 14.4. The molecule has 0 amide bonds. The molecule has 2 aliphatic rings. The molecule has 14 heavy (non-hydrogen) atoms. The number of fused-ring (bicyclic) bond motifs is 1. The molecule has 2 saturated carbocycles. The van der Waals surface area contributed by atoms with Gasteiger partial charge in [0, 0.05) is 0 Å². The first-order chi connectivity index (χ1) is 6.59. The first-order valence-electron chi connectivity index (χ1n) is 6.59. The highest BCUT2D eigenvalue weighted by Gasteiger charge is 2.39. The van der Waals surface area contributed by atoms with E-state index in [0.717, 1.165) is 17.8 Å². The van der Waals surface area contributed by atoms with Crippen molar-refractivity contribution in [2.75, 3.05) is 0 Å². The molecular weight excluding hydrogens is 168 g/mol. The van der Waals surface area contributed by atoms with Crippen molar-refractivity contribution in [3.8, 4) is 0 Å². The van der Waals surface area contributed by atoms with Crippen LogP contribution in [0.4, 0.5) is 0 Å².